The molecule has 4 rings (SSSR count). The van der Waals surface area contributed by atoms with E-state index in [1.54, 1.807) is 0 Å². The van der Waals surface area contributed by atoms with Crippen LogP contribution in [0.25, 0.3) is 0 Å². The number of hydrogen-bond donors (Lipinski definition) is 0. The van der Waals surface area contributed by atoms with Gasteiger partial charge in [0.15, 0.2) is 0 Å². The average molecular weight is 441 g/mol. The highest BCUT2D eigenvalue weighted by atomic mass is 16.5. The van der Waals surface area contributed by atoms with Gasteiger partial charge in [0, 0.05) is 23.4 Å². The molecule has 0 N–H and O–H groups in total. The molecule has 0 aromatic heterocycles. The molecule has 1 saturated carbocycles. The molecule has 1 fully saturated rings. The number of benzene rings is 3. The maximum atomic E-state index is 6.64. The van der Waals surface area contributed by atoms with Gasteiger partial charge in [-0.25, -0.2) is 0 Å². The molecule has 1 aliphatic carbocycles. The first-order valence-electron chi connectivity index (χ1n) is 12.2. The van der Waals surface area contributed by atoms with E-state index in [2.05, 4.69) is 139 Å². The molecule has 33 heavy (non-hydrogen) atoms. The number of ether oxygens (including phenoxy) is 1. The Balaban J connectivity index is 2.23. The molecular weight excluding hydrogens is 400 g/mol. The van der Waals surface area contributed by atoms with E-state index < -0.39 is 5.60 Å². The maximum absolute atomic E-state index is 6.64. The predicted octanol–water partition coefficient (Wildman–Crippen LogP) is 7.94. The second-order valence-corrected chi connectivity index (χ2v) is 11.2. The first-order chi connectivity index (χ1) is 15.5. The van der Waals surface area contributed by atoms with Crippen molar-refractivity contribution in [2.24, 2.45) is 11.3 Å². The minimum absolute atomic E-state index is 0.0714. The lowest BCUT2D eigenvalue weighted by Gasteiger charge is -2.74. The Morgan fingerprint density at radius 2 is 0.848 bits per heavy atom. The summed E-state index contributed by atoms with van der Waals surface area (Å²) in [6, 6.07) is 33.4. The molecule has 0 saturated heterocycles. The fraction of sp³-hybridized carbons (Fsp3) is 0.438. The summed E-state index contributed by atoms with van der Waals surface area (Å²) in [6.07, 6.45) is 0. The average Bonchev–Trinajstić information content (AvgIpc) is 2.86. The summed E-state index contributed by atoms with van der Waals surface area (Å²) in [5, 5.41) is 0. The molecule has 1 aliphatic rings. The topological polar surface area (TPSA) is 9.23 Å². The summed E-state index contributed by atoms with van der Waals surface area (Å²) in [4.78, 5) is 0. The second kappa shape index (κ2) is 7.84. The van der Waals surface area contributed by atoms with Crippen LogP contribution in [-0.2, 0) is 21.0 Å². The summed E-state index contributed by atoms with van der Waals surface area (Å²) in [5.41, 5.74) is 2.78. The zero-order valence-corrected chi connectivity index (χ0v) is 21.6. The van der Waals surface area contributed by atoms with Gasteiger partial charge in [0.1, 0.15) is 0 Å². The first kappa shape index (κ1) is 23.8. The van der Waals surface area contributed by atoms with Crippen molar-refractivity contribution in [2.75, 3.05) is 7.11 Å². The highest BCUT2D eigenvalue weighted by Crippen LogP contribution is 2.73. The van der Waals surface area contributed by atoms with Crippen LogP contribution < -0.4 is 0 Å². The van der Waals surface area contributed by atoms with Crippen molar-refractivity contribution in [3.63, 3.8) is 0 Å². The lowest BCUT2D eigenvalue weighted by Crippen LogP contribution is -2.78. The molecule has 0 heterocycles. The van der Waals surface area contributed by atoms with Crippen molar-refractivity contribution in [1.82, 2.24) is 0 Å². The quantitative estimate of drug-likeness (QED) is 0.400. The Bertz CT molecular complexity index is 1090. The Morgan fingerprint density at radius 1 is 0.515 bits per heavy atom. The van der Waals surface area contributed by atoms with Crippen LogP contribution >= 0.6 is 0 Å². The van der Waals surface area contributed by atoms with Gasteiger partial charge in [0.2, 0.25) is 0 Å². The van der Waals surface area contributed by atoms with Crippen LogP contribution in [0.2, 0.25) is 0 Å². The zero-order chi connectivity index (χ0) is 24.1. The van der Waals surface area contributed by atoms with E-state index in [-0.39, 0.29) is 27.6 Å². The van der Waals surface area contributed by atoms with Crippen LogP contribution in [0, 0.1) is 11.3 Å². The van der Waals surface area contributed by atoms with Crippen molar-refractivity contribution in [3.8, 4) is 0 Å². The molecule has 0 aliphatic heterocycles. The third kappa shape index (κ3) is 2.75. The van der Waals surface area contributed by atoms with Gasteiger partial charge in [0.25, 0.3) is 0 Å². The minimum Gasteiger partial charge on any atom is -0.377 e. The molecule has 0 amide bonds. The van der Waals surface area contributed by atoms with Gasteiger partial charge in [-0.1, -0.05) is 133 Å². The standard InChI is InChI=1S/C32H40O/c1-24-28(2,3)29(4,25-18-12-9-13-19-25)30(5,26-20-14-10-15-21-26)31(6,32(24,7)33-8)27-22-16-11-17-23-27/h9-24H,1-8H3. The summed E-state index contributed by atoms with van der Waals surface area (Å²) in [5.74, 6) is 0.280. The molecule has 0 radical (unpaired) electrons. The minimum atomic E-state index is -0.406. The summed E-state index contributed by atoms with van der Waals surface area (Å²) < 4.78 is 6.64. The van der Waals surface area contributed by atoms with E-state index in [1.165, 1.54) is 16.7 Å². The molecule has 1 heteroatoms. The molecule has 3 aromatic rings. The van der Waals surface area contributed by atoms with Crippen LogP contribution in [-0.4, -0.2) is 12.7 Å². The van der Waals surface area contributed by atoms with Crippen LogP contribution in [0.3, 0.4) is 0 Å². The second-order valence-electron chi connectivity index (χ2n) is 11.2. The van der Waals surface area contributed by atoms with Gasteiger partial charge < -0.3 is 4.74 Å². The van der Waals surface area contributed by atoms with Gasteiger partial charge >= 0.3 is 0 Å². The fourth-order valence-corrected chi connectivity index (χ4v) is 7.70. The van der Waals surface area contributed by atoms with Gasteiger partial charge in [0.05, 0.1) is 5.60 Å². The van der Waals surface area contributed by atoms with E-state index >= 15 is 0 Å². The smallest absolute Gasteiger partial charge is 0.0783 e. The van der Waals surface area contributed by atoms with E-state index in [1.807, 2.05) is 7.11 Å². The van der Waals surface area contributed by atoms with E-state index in [0.717, 1.165) is 0 Å². The van der Waals surface area contributed by atoms with Gasteiger partial charge in [-0.3, -0.25) is 0 Å². The lowest BCUT2D eigenvalue weighted by molar-refractivity contribution is -0.220. The van der Waals surface area contributed by atoms with E-state index in [9.17, 15) is 0 Å². The number of rotatable bonds is 4. The molecule has 5 unspecified atom stereocenters. The lowest BCUT2D eigenvalue weighted by atomic mass is 9.30. The highest BCUT2D eigenvalue weighted by Gasteiger charge is 2.75. The van der Waals surface area contributed by atoms with Crippen molar-refractivity contribution in [2.45, 2.75) is 70.3 Å². The largest absolute Gasteiger partial charge is 0.377 e. The molecule has 174 valence electrons. The maximum Gasteiger partial charge on any atom is 0.0783 e. The fourth-order valence-electron chi connectivity index (χ4n) is 7.70. The van der Waals surface area contributed by atoms with Crippen molar-refractivity contribution in [3.05, 3.63) is 108 Å². The van der Waals surface area contributed by atoms with Gasteiger partial charge in [-0.15, -0.1) is 0 Å². The van der Waals surface area contributed by atoms with E-state index in [0.29, 0.717) is 0 Å². The first-order valence-corrected chi connectivity index (χ1v) is 12.2. The number of methoxy groups -OCH3 is 1. The van der Waals surface area contributed by atoms with Crippen LogP contribution in [0.4, 0.5) is 0 Å². The Hall–Kier alpha value is -2.38. The third-order valence-electron chi connectivity index (χ3n) is 10.7. The van der Waals surface area contributed by atoms with Crippen molar-refractivity contribution < 1.29 is 4.74 Å². The SMILES string of the molecule is COC1(C)C(C)C(C)(C)C(C)(c2ccccc2)C(C)(c2ccccc2)C1(C)c1ccccc1. The van der Waals surface area contributed by atoms with Gasteiger partial charge in [-0.2, -0.15) is 0 Å². The van der Waals surface area contributed by atoms with E-state index in [4.69, 9.17) is 4.74 Å². The van der Waals surface area contributed by atoms with Crippen molar-refractivity contribution >= 4 is 0 Å². The molecule has 0 bridgehead atoms. The zero-order valence-electron chi connectivity index (χ0n) is 21.6. The Labute approximate surface area is 201 Å². The normalized spacial score (nSPS) is 35.8. The summed E-state index contributed by atoms with van der Waals surface area (Å²) in [7, 11) is 1.91. The van der Waals surface area contributed by atoms with Crippen LogP contribution in [0.15, 0.2) is 91.0 Å². The molecule has 0 spiro atoms. The molecule has 3 aromatic carbocycles. The van der Waals surface area contributed by atoms with Crippen LogP contribution in [0.1, 0.15) is 65.2 Å². The Kier molecular flexibility index (Phi) is 5.65. The molecular formula is C32H40O. The number of hydrogen-bond acceptors (Lipinski definition) is 1. The summed E-state index contributed by atoms with van der Waals surface area (Å²) >= 11 is 0. The van der Waals surface area contributed by atoms with Gasteiger partial charge in [-0.05, 0) is 34.9 Å². The Morgan fingerprint density at radius 3 is 1.21 bits per heavy atom. The predicted molar refractivity (Wildman–Crippen MR) is 140 cm³/mol. The molecule has 1 nitrogen and oxygen atoms in total. The third-order valence-corrected chi connectivity index (χ3v) is 10.7. The molecule has 5 atom stereocenters. The summed E-state index contributed by atoms with van der Waals surface area (Å²) in [6.45, 7) is 17.1. The monoisotopic (exact) mass is 440 g/mol. The van der Waals surface area contributed by atoms with Crippen LogP contribution in [0.5, 0.6) is 0 Å². The van der Waals surface area contributed by atoms with Crippen molar-refractivity contribution in [1.29, 1.82) is 0 Å². The highest BCUT2D eigenvalue weighted by molar-refractivity contribution is 5.52.